The largest absolute Gasteiger partial charge is 0.466 e. The third kappa shape index (κ3) is 7.83. The molecule has 1 saturated heterocycles. The lowest BCUT2D eigenvalue weighted by Crippen LogP contribution is -2.23. The van der Waals surface area contributed by atoms with E-state index >= 15 is 0 Å². The van der Waals surface area contributed by atoms with Crippen LogP contribution in [-0.2, 0) is 19.0 Å². The van der Waals surface area contributed by atoms with E-state index in [1.54, 1.807) is 6.92 Å². The molecule has 1 fully saturated rings. The minimum Gasteiger partial charge on any atom is -0.466 e. The van der Waals surface area contributed by atoms with Crippen LogP contribution in [0.3, 0.4) is 0 Å². The molecule has 1 aliphatic rings. The average molecular weight is 311 g/mol. The molecule has 22 heavy (non-hydrogen) atoms. The summed E-state index contributed by atoms with van der Waals surface area (Å²) in [5.41, 5.74) is 8.36. The molecule has 0 saturated carbocycles. The summed E-state index contributed by atoms with van der Waals surface area (Å²) in [7, 11) is 0. The second-order valence-electron chi connectivity index (χ2n) is 4.82. The van der Waals surface area contributed by atoms with Gasteiger partial charge in [0.1, 0.15) is 6.10 Å². The van der Waals surface area contributed by atoms with Gasteiger partial charge in [-0.25, -0.2) is 0 Å². The van der Waals surface area contributed by atoms with Gasteiger partial charge in [0.05, 0.1) is 19.3 Å². The molecule has 1 aliphatic heterocycles. The molecule has 124 valence electrons. The molecular formula is C15H25N3O4. The smallest absolute Gasteiger partial charge is 0.306 e. The molecule has 7 nitrogen and oxygen atoms in total. The van der Waals surface area contributed by atoms with E-state index in [1.807, 2.05) is 26.0 Å². The highest BCUT2D eigenvalue weighted by molar-refractivity contribution is 5.69. The van der Waals surface area contributed by atoms with Crippen LogP contribution in [0.5, 0.6) is 0 Å². The Hall–Kier alpha value is -1.82. The van der Waals surface area contributed by atoms with Gasteiger partial charge in [0.15, 0.2) is 5.79 Å². The van der Waals surface area contributed by atoms with Crippen LogP contribution in [0.2, 0.25) is 0 Å². The first kappa shape index (κ1) is 20.2. The van der Waals surface area contributed by atoms with E-state index < -0.39 is 5.79 Å². The monoisotopic (exact) mass is 311 g/mol. The summed E-state index contributed by atoms with van der Waals surface area (Å²) >= 11 is 0. The van der Waals surface area contributed by atoms with Crippen molar-refractivity contribution in [2.75, 3.05) is 13.2 Å². The Morgan fingerprint density at radius 3 is 2.73 bits per heavy atom. The third-order valence-electron chi connectivity index (χ3n) is 2.69. The fraction of sp³-hybridized carbons (Fsp3) is 0.667. The van der Waals surface area contributed by atoms with Crippen LogP contribution in [0.4, 0.5) is 0 Å². The topological polar surface area (TPSA) is 93.5 Å². The second kappa shape index (κ2) is 10.8. The molecule has 1 rings (SSSR count). The predicted molar refractivity (Wildman–Crippen MR) is 84.1 cm³/mol. The molecule has 0 aromatic carbocycles. The lowest BCUT2D eigenvalue weighted by molar-refractivity contribution is -0.143. The molecule has 0 aliphatic carbocycles. The van der Waals surface area contributed by atoms with Gasteiger partial charge < -0.3 is 14.2 Å². The Morgan fingerprint density at radius 1 is 1.45 bits per heavy atom. The normalized spacial score (nSPS) is 22.5. The minimum absolute atomic E-state index is 0.215. The molecule has 0 N–H and O–H groups in total. The molecular weight excluding hydrogens is 286 g/mol. The molecule has 0 bridgehead atoms. The number of carbonyl (C=O) groups is 1. The number of carbonyl (C=O) groups excluding carboxylic acids is 1. The molecule has 2 unspecified atom stereocenters. The van der Waals surface area contributed by atoms with Crippen LogP contribution in [0.1, 0.15) is 33.6 Å². The van der Waals surface area contributed by atoms with E-state index in [0.717, 1.165) is 0 Å². The van der Waals surface area contributed by atoms with Gasteiger partial charge in [0.25, 0.3) is 0 Å². The van der Waals surface area contributed by atoms with E-state index in [9.17, 15) is 4.79 Å². The van der Waals surface area contributed by atoms with Gasteiger partial charge in [-0.05, 0) is 32.7 Å². The summed E-state index contributed by atoms with van der Waals surface area (Å²) in [6.45, 7) is 12.0. The fourth-order valence-electron chi connectivity index (χ4n) is 1.95. The molecule has 7 heteroatoms. The van der Waals surface area contributed by atoms with Gasteiger partial charge in [0.2, 0.25) is 0 Å². The Kier molecular flexibility index (Phi) is 9.95. The first-order valence-corrected chi connectivity index (χ1v) is 7.17. The summed E-state index contributed by atoms with van der Waals surface area (Å²) in [5.74, 6) is -0.919. The lowest BCUT2D eigenvalue weighted by Gasteiger charge is -2.16. The van der Waals surface area contributed by atoms with E-state index in [-0.39, 0.29) is 24.7 Å². The van der Waals surface area contributed by atoms with Crippen molar-refractivity contribution >= 4 is 5.97 Å². The molecule has 0 aromatic heterocycles. The highest BCUT2D eigenvalue weighted by Gasteiger charge is 2.39. The first-order valence-electron chi connectivity index (χ1n) is 7.17. The Labute approximate surface area is 131 Å². The number of allylic oxidation sites excluding steroid dienone is 1. The van der Waals surface area contributed by atoms with Crippen LogP contribution in [0, 0.1) is 0 Å². The number of hydrogen-bond acceptors (Lipinski definition) is 5. The number of hydrogen-bond donors (Lipinski definition) is 0. The molecule has 0 amide bonds. The summed E-state index contributed by atoms with van der Waals surface area (Å²) in [4.78, 5) is 13.9. The number of azide groups is 1. The number of rotatable bonds is 7. The zero-order chi connectivity index (χ0) is 17.0. The molecule has 0 aromatic rings. The van der Waals surface area contributed by atoms with Crippen molar-refractivity contribution in [2.45, 2.75) is 51.6 Å². The highest BCUT2D eigenvalue weighted by Crippen LogP contribution is 2.29. The van der Waals surface area contributed by atoms with Crippen molar-refractivity contribution in [1.82, 2.24) is 0 Å². The summed E-state index contributed by atoms with van der Waals surface area (Å²) in [6.07, 6.45) is 4.02. The molecule has 0 radical (unpaired) electrons. The first-order chi connectivity index (χ1) is 10.5. The van der Waals surface area contributed by atoms with Gasteiger partial charge in [-0.15, -0.1) is 13.2 Å². The SMILES string of the molecule is C=C.CCOC(=O)CC/C=C\C1OC(C)(C)OC1CN=[N+]=[N-]. The van der Waals surface area contributed by atoms with E-state index in [2.05, 4.69) is 23.2 Å². The van der Waals surface area contributed by atoms with E-state index in [0.29, 0.717) is 19.4 Å². The number of esters is 1. The third-order valence-corrected chi connectivity index (χ3v) is 2.69. The molecule has 1 heterocycles. The van der Waals surface area contributed by atoms with Crippen molar-refractivity contribution in [2.24, 2.45) is 5.11 Å². The van der Waals surface area contributed by atoms with Crippen LogP contribution in [-0.4, -0.2) is 37.1 Å². The Morgan fingerprint density at radius 2 is 2.14 bits per heavy atom. The van der Waals surface area contributed by atoms with E-state index in [4.69, 9.17) is 19.7 Å². The van der Waals surface area contributed by atoms with Crippen molar-refractivity contribution in [3.8, 4) is 0 Å². The van der Waals surface area contributed by atoms with Gasteiger partial charge in [-0.3, -0.25) is 4.79 Å². The quantitative estimate of drug-likeness (QED) is 0.236. The Bertz CT molecular complexity index is 417. The van der Waals surface area contributed by atoms with Gasteiger partial charge in [0, 0.05) is 11.3 Å². The standard InChI is InChI=1S/C13H21N3O4.C2H4/c1-4-18-12(17)8-6-5-7-10-11(9-15-16-14)20-13(2,3)19-10;1-2/h5,7,10-11H,4,6,8-9H2,1-3H3;1-2H2/b7-5-;. The van der Waals surface area contributed by atoms with Crippen molar-refractivity contribution in [3.63, 3.8) is 0 Å². The summed E-state index contributed by atoms with van der Waals surface area (Å²) in [6, 6.07) is 0. The lowest BCUT2D eigenvalue weighted by atomic mass is 10.1. The minimum atomic E-state index is -0.703. The maximum atomic E-state index is 11.2. The maximum Gasteiger partial charge on any atom is 0.306 e. The van der Waals surface area contributed by atoms with Crippen LogP contribution >= 0.6 is 0 Å². The second-order valence-corrected chi connectivity index (χ2v) is 4.82. The summed E-state index contributed by atoms with van der Waals surface area (Å²) < 4.78 is 16.2. The number of ether oxygens (including phenoxy) is 3. The fourth-order valence-corrected chi connectivity index (χ4v) is 1.95. The van der Waals surface area contributed by atoms with Crippen molar-refractivity contribution < 1.29 is 19.0 Å². The average Bonchev–Trinajstić information content (AvgIpc) is 2.78. The van der Waals surface area contributed by atoms with Crippen LogP contribution in [0.15, 0.2) is 30.4 Å². The molecule has 2 atom stereocenters. The highest BCUT2D eigenvalue weighted by atomic mass is 16.7. The molecule has 0 spiro atoms. The van der Waals surface area contributed by atoms with Gasteiger partial charge in [-0.1, -0.05) is 17.3 Å². The van der Waals surface area contributed by atoms with Crippen molar-refractivity contribution in [1.29, 1.82) is 0 Å². The van der Waals surface area contributed by atoms with Crippen LogP contribution < -0.4 is 0 Å². The Balaban J connectivity index is 0.00000211. The van der Waals surface area contributed by atoms with Gasteiger partial charge >= 0.3 is 5.97 Å². The van der Waals surface area contributed by atoms with Crippen LogP contribution in [0.25, 0.3) is 10.4 Å². The zero-order valence-electron chi connectivity index (χ0n) is 13.5. The van der Waals surface area contributed by atoms with Crippen molar-refractivity contribution in [3.05, 3.63) is 35.8 Å². The van der Waals surface area contributed by atoms with E-state index in [1.165, 1.54) is 0 Å². The zero-order valence-corrected chi connectivity index (χ0v) is 13.5. The van der Waals surface area contributed by atoms with Gasteiger partial charge in [-0.2, -0.15) is 0 Å². The number of nitrogens with zero attached hydrogens (tertiary/aromatic N) is 3. The predicted octanol–water partition coefficient (Wildman–Crippen LogP) is 3.52. The maximum absolute atomic E-state index is 11.2. The summed E-state index contributed by atoms with van der Waals surface area (Å²) in [5, 5.41) is 3.52.